The monoisotopic (exact) mass is 1730 g/mol. The van der Waals surface area contributed by atoms with Crippen LogP contribution < -0.4 is 4.74 Å². The molecule has 0 bridgehead atoms. The molecule has 0 aliphatic rings. The molecule has 2 atom stereocenters. The Balaban J connectivity index is -0.000000200. The zero-order valence-corrected chi connectivity index (χ0v) is 85.9. The van der Waals surface area contributed by atoms with Crippen molar-refractivity contribution in [1.82, 2.24) is 0 Å². The molecule has 0 aromatic heterocycles. The van der Waals surface area contributed by atoms with Crippen LogP contribution in [-0.2, 0) is 63.8 Å². The van der Waals surface area contributed by atoms with E-state index in [1.165, 1.54) is 110 Å². The smallest absolute Gasteiger partial charge is 0.341 e. The van der Waals surface area contributed by atoms with Gasteiger partial charge in [-0.25, -0.2) is 4.79 Å². The molecular weight excluding hydrogens is 1530 g/mol. The quantitative estimate of drug-likeness (QED) is 0.0268. The Bertz CT molecular complexity index is 2800. The Kier molecular flexibility index (Phi) is 82.2. The second-order valence-corrected chi connectivity index (χ2v) is 44.8. The summed E-state index contributed by atoms with van der Waals surface area (Å²) >= 11 is 0. The predicted octanol–water partition coefficient (Wildman–Crippen LogP) is 28.5. The van der Waals surface area contributed by atoms with E-state index in [-0.39, 0.29) is 53.1 Å². The summed E-state index contributed by atoms with van der Waals surface area (Å²) in [6, 6.07) is 7.58. The maximum atomic E-state index is 11.3. The molecule has 0 aliphatic carbocycles. The zero-order valence-electron chi connectivity index (χ0n) is 85.9. The Morgan fingerprint density at radius 2 is 0.713 bits per heavy atom. The molecule has 0 aliphatic heterocycles. The number of carbonyl (C=O) groups excluding carboxylic acids is 8. The fourth-order valence-electron chi connectivity index (χ4n) is 11.4. The van der Waals surface area contributed by atoms with Crippen LogP contribution in [0.15, 0.2) is 36.4 Å². The lowest BCUT2D eigenvalue weighted by molar-refractivity contribution is -0.143. The minimum atomic E-state index is -1.15. The predicted molar refractivity (Wildman–Crippen MR) is 515 cm³/mol. The summed E-state index contributed by atoms with van der Waals surface area (Å²) in [5.41, 5.74) is 4.54. The number of hydrogen-bond donors (Lipinski definition) is 4. The summed E-state index contributed by atoms with van der Waals surface area (Å²) in [6.07, 6.45) is 39.1. The first-order chi connectivity index (χ1) is 55.4. The van der Waals surface area contributed by atoms with E-state index in [1.54, 1.807) is 40.7 Å². The topological polar surface area (TPSA) is 279 Å². The molecule has 0 spiro atoms. The third-order valence-corrected chi connectivity index (χ3v) is 18.3. The Labute approximate surface area is 751 Å². The van der Waals surface area contributed by atoms with Crippen LogP contribution in [0.3, 0.4) is 0 Å². The van der Waals surface area contributed by atoms with Crippen molar-refractivity contribution in [2.24, 2.45) is 48.7 Å². The molecule has 720 valence electrons. The number of aliphatic carboxylic acids is 2. The van der Waals surface area contributed by atoms with Crippen molar-refractivity contribution in [3.8, 4) is 5.75 Å². The van der Waals surface area contributed by atoms with Crippen LogP contribution in [0.2, 0.25) is 0 Å². The highest BCUT2D eigenvalue weighted by Crippen LogP contribution is 2.29. The fraction of sp³-hybridized carbons (Fsp3) is 0.829. The number of hydrogen-bond acceptors (Lipinski definition) is 15. The van der Waals surface area contributed by atoms with Gasteiger partial charge in [-0.1, -0.05) is 282 Å². The van der Waals surface area contributed by atoms with Crippen molar-refractivity contribution in [3.63, 3.8) is 0 Å². The number of Topliss-reactive ketones (excluding diaryl/α,β-unsaturated/α-hetero) is 7. The van der Waals surface area contributed by atoms with Gasteiger partial charge in [0.15, 0.2) is 12.4 Å². The maximum Gasteiger partial charge on any atom is 0.341 e. The molecule has 0 amide bonds. The summed E-state index contributed by atoms with van der Waals surface area (Å²) < 4.78 is 15.1. The molecule has 0 heterocycles. The number of esters is 1. The van der Waals surface area contributed by atoms with E-state index in [2.05, 4.69) is 193 Å². The molecule has 17 heteroatoms. The van der Waals surface area contributed by atoms with Crippen molar-refractivity contribution in [2.45, 2.75) is 492 Å². The third kappa shape index (κ3) is 143. The Morgan fingerprint density at radius 1 is 0.352 bits per heavy atom. The van der Waals surface area contributed by atoms with Crippen LogP contribution in [0.1, 0.15) is 479 Å². The van der Waals surface area contributed by atoms with Crippen LogP contribution >= 0.6 is 0 Å². The number of ketones is 7. The van der Waals surface area contributed by atoms with Crippen LogP contribution in [0.5, 0.6) is 5.75 Å². The van der Waals surface area contributed by atoms with E-state index >= 15 is 0 Å². The summed E-state index contributed by atoms with van der Waals surface area (Å²) in [4.78, 5) is 106. The van der Waals surface area contributed by atoms with Gasteiger partial charge in [0.1, 0.15) is 47.1 Å². The number of allylic oxidation sites excluding steroid dienone is 2. The molecule has 0 saturated carbocycles. The normalized spacial score (nSPS) is 12.2. The van der Waals surface area contributed by atoms with Gasteiger partial charge in [0.25, 0.3) is 0 Å². The number of carbonyl (C=O) groups is 10. The molecule has 0 radical (unpaired) electrons. The molecule has 122 heavy (non-hydrogen) atoms. The van der Waals surface area contributed by atoms with Gasteiger partial charge < -0.3 is 53.8 Å². The summed E-state index contributed by atoms with van der Waals surface area (Å²) in [5, 5.41) is 35.7. The second-order valence-electron chi connectivity index (χ2n) is 44.8. The van der Waals surface area contributed by atoms with Gasteiger partial charge in [-0.3, -0.25) is 24.0 Å². The van der Waals surface area contributed by atoms with Crippen LogP contribution in [0.4, 0.5) is 0 Å². The Morgan fingerprint density at radius 3 is 1.08 bits per heavy atom. The summed E-state index contributed by atoms with van der Waals surface area (Å²) in [5.74, 6) is 0.179. The number of rotatable bonds is 49. The standard InChI is InChI=1S/C13H18O3.C13H26O2.C12H22O2.C12H24O.C12H22O.C11H22O4.C11H22O2.C11H22O.C10H20O/c1-13(2,3)8-10-5-4-6-11(7-10)16-9-12(14)15;1-5-15-12(14)10-8-6-7-9-11-13(2,3)4;1-10(13)7-8-11(14)6-5-9-12(2,3)4;2*1-11(13)9-7-5-6-8-10-12(2,3)4;1-11(2,3)6-4-5-8(12)9(13)7-10(14)15;1-10(12)9-13-8-6-5-7-11(2,3)4;1-10(12)8-6-5-7-9-11(2,3)4;1-9(11)7-5-6-8-10(2,3)4/h4-7H,8-9H2,1-3H3,(H,14,15);5-11H2,1-4H3;5-9H2,1-4H3;5-10H2,1-4H3;5,7H,6,8-10H2,1-4H3;8-9,12-13H,4-7H2,1-3H3,(H,14,15);5-9H2,1-4H3;5-9H2,1-4H3;5-8H2,1-4H3/b;;;;7-5+;;;;. The average molecular weight is 1730 g/mol. The molecule has 4 N–H and O–H groups in total. The van der Waals surface area contributed by atoms with Crippen LogP contribution in [0, 0.1) is 48.7 Å². The van der Waals surface area contributed by atoms with Crippen molar-refractivity contribution < 1.29 is 82.6 Å². The van der Waals surface area contributed by atoms with Gasteiger partial charge in [0.2, 0.25) is 0 Å². The van der Waals surface area contributed by atoms with Crippen molar-refractivity contribution in [3.05, 3.63) is 42.0 Å². The Hall–Kier alpha value is -5.26. The minimum absolute atomic E-state index is 0.0479. The molecule has 17 nitrogen and oxygen atoms in total. The molecule has 0 fully saturated rings. The lowest BCUT2D eigenvalue weighted by Crippen LogP contribution is -2.28. The number of ether oxygens (including phenoxy) is 3. The molecule has 1 aromatic rings. The van der Waals surface area contributed by atoms with E-state index in [4.69, 9.17) is 24.4 Å². The van der Waals surface area contributed by atoms with Gasteiger partial charge in [-0.15, -0.1) is 0 Å². The van der Waals surface area contributed by atoms with Crippen molar-refractivity contribution in [2.75, 3.05) is 26.4 Å². The first-order valence-corrected chi connectivity index (χ1v) is 46.8. The highest BCUT2D eigenvalue weighted by molar-refractivity contribution is 5.84. The second kappa shape index (κ2) is 75.8. The lowest BCUT2D eigenvalue weighted by atomic mass is 9.88. The highest BCUT2D eigenvalue weighted by Gasteiger charge is 2.21. The van der Waals surface area contributed by atoms with Gasteiger partial charge >= 0.3 is 17.9 Å². The molecule has 1 aromatic carbocycles. The van der Waals surface area contributed by atoms with Gasteiger partial charge in [0, 0.05) is 58.0 Å². The number of aliphatic hydroxyl groups is 2. The highest BCUT2D eigenvalue weighted by atomic mass is 16.5. The summed E-state index contributed by atoms with van der Waals surface area (Å²) in [6.45, 7) is 72.7. The van der Waals surface area contributed by atoms with Gasteiger partial charge in [-0.05, 0) is 230 Å². The fourth-order valence-corrected chi connectivity index (χ4v) is 11.4. The van der Waals surface area contributed by atoms with E-state index in [0.717, 1.165) is 108 Å². The van der Waals surface area contributed by atoms with Gasteiger partial charge in [0.05, 0.1) is 25.2 Å². The van der Waals surface area contributed by atoms with Gasteiger partial charge in [-0.2, -0.15) is 0 Å². The van der Waals surface area contributed by atoms with Crippen molar-refractivity contribution in [1.29, 1.82) is 0 Å². The zero-order chi connectivity index (χ0) is 96.6. The van der Waals surface area contributed by atoms with E-state index < -0.39 is 30.6 Å². The lowest BCUT2D eigenvalue weighted by Gasteiger charge is -2.20. The molecule has 0 saturated heterocycles. The number of benzene rings is 1. The van der Waals surface area contributed by atoms with E-state index in [0.29, 0.717) is 106 Å². The number of aliphatic hydroxyl groups excluding tert-OH is 2. The third-order valence-electron chi connectivity index (χ3n) is 18.3. The maximum absolute atomic E-state index is 11.3. The van der Waals surface area contributed by atoms with E-state index in [9.17, 15) is 58.2 Å². The first-order valence-electron chi connectivity index (χ1n) is 46.8. The minimum Gasteiger partial charge on any atom is -0.482 e. The molecule has 1 rings (SSSR count). The summed E-state index contributed by atoms with van der Waals surface area (Å²) in [7, 11) is 0. The number of carboxylic acid groups (broad SMARTS) is 2. The van der Waals surface area contributed by atoms with E-state index in [1.807, 2.05) is 31.2 Å². The SMILES string of the molecule is CC(=O)C/C=C/CCCC(C)(C)C.CC(=O)CCC(=O)CCCC(C)(C)C.CC(=O)CCCCC(C)(C)C.CC(=O)CCCCCC(C)(C)C.CC(=O)CCCCCCC(C)(C)C.CC(=O)COCCCCC(C)(C)C.CC(C)(C)CCCC(O)C(O)CC(=O)O.CC(C)(C)Cc1cccc(OCC(=O)O)c1.CCOC(=O)CCCCCCC(C)(C)C. The molecular formula is C105H198O17. The average Bonchev–Trinajstić information content (AvgIpc) is 0.879. The van der Waals surface area contributed by atoms with Crippen molar-refractivity contribution >= 4 is 58.4 Å². The first kappa shape index (κ1) is 132. The number of unbranched alkanes of at least 4 members (excludes halogenated alkanes) is 11. The largest absolute Gasteiger partial charge is 0.482 e. The molecule has 2 unspecified atom stereocenters. The van der Waals surface area contributed by atoms with Crippen LogP contribution in [0.25, 0.3) is 0 Å². The number of carboxylic acids is 2. The van der Waals surface area contributed by atoms with Crippen LogP contribution in [-0.4, -0.2) is 117 Å².